The van der Waals surface area contributed by atoms with Gasteiger partial charge in [0.2, 0.25) is 0 Å². The first-order valence-corrected chi connectivity index (χ1v) is 13.4. The monoisotopic (exact) mass is 535 g/mol. The van der Waals surface area contributed by atoms with Gasteiger partial charge in [-0.15, -0.1) is 12.0 Å². The van der Waals surface area contributed by atoms with Crippen molar-refractivity contribution in [2.24, 2.45) is 35.5 Å². The third-order valence-corrected chi connectivity index (χ3v) is 9.96. The van der Waals surface area contributed by atoms with Gasteiger partial charge in [0.15, 0.2) is 0 Å². The van der Waals surface area contributed by atoms with Gasteiger partial charge in [0.05, 0.1) is 0 Å². The second-order valence-corrected chi connectivity index (χ2v) is 11.9. The summed E-state index contributed by atoms with van der Waals surface area (Å²) in [7, 11) is 0. The maximum atomic E-state index is 2.72. The number of hydrogen-bond donors (Lipinski definition) is 0. The van der Waals surface area contributed by atoms with Crippen LogP contribution in [0.5, 0.6) is 0 Å². The molecule has 6 unspecified atom stereocenters. The van der Waals surface area contributed by atoms with Crippen LogP contribution in [0.25, 0.3) is 0 Å². The maximum absolute atomic E-state index is 2.72. The molecule has 5 aliphatic carbocycles. The van der Waals surface area contributed by atoms with E-state index in [1.165, 1.54) is 51.4 Å². The van der Waals surface area contributed by atoms with E-state index in [9.17, 15) is 0 Å². The molecule has 170 valence electrons. The molecule has 3 saturated carbocycles. The fourth-order valence-corrected chi connectivity index (χ4v) is 7.71. The molecule has 0 aromatic rings. The molecule has 0 nitrogen and oxygen atoms in total. The van der Waals surface area contributed by atoms with Crippen molar-refractivity contribution in [2.45, 2.75) is 79.1 Å². The van der Waals surface area contributed by atoms with Gasteiger partial charge in [0, 0.05) is 0 Å². The zero-order chi connectivity index (χ0) is 20.5. The van der Waals surface area contributed by atoms with Crippen LogP contribution in [0.2, 0.25) is 0 Å². The Morgan fingerprint density at radius 2 is 1.55 bits per heavy atom. The molecule has 6 atom stereocenters. The Morgan fingerprint density at radius 1 is 0.871 bits per heavy atom. The Morgan fingerprint density at radius 3 is 2.13 bits per heavy atom. The van der Waals surface area contributed by atoms with Crippen LogP contribution in [0, 0.1) is 41.9 Å². The van der Waals surface area contributed by atoms with E-state index in [1.54, 1.807) is 49.7 Å². The minimum absolute atomic E-state index is 0. The summed E-state index contributed by atoms with van der Waals surface area (Å²) in [4.78, 5) is 0. The number of hydrogen-bond acceptors (Lipinski definition) is 0. The van der Waals surface area contributed by atoms with Crippen LogP contribution < -0.4 is 24.8 Å². The molecular formula is C28H39Cl2Zr-. The molecule has 0 aromatic carbocycles. The van der Waals surface area contributed by atoms with Gasteiger partial charge >= 0.3 is 59.5 Å². The molecule has 0 amide bonds. The van der Waals surface area contributed by atoms with Gasteiger partial charge in [-0.2, -0.15) is 5.92 Å². The van der Waals surface area contributed by atoms with Crippen molar-refractivity contribution in [1.82, 2.24) is 0 Å². The molecule has 0 spiro atoms. The Bertz CT molecular complexity index is 764. The summed E-state index contributed by atoms with van der Waals surface area (Å²) in [5.41, 5.74) is 6.59. The third kappa shape index (κ3) is 5.69. The van der Waals surface area contributed by atoms with Crippen molar-refractivity contribution >= 4 is 3.21 Å². The van der Waals surface area contributed by atoms with Crippen molar-refractivity contribution < 1.29 is 49.0 Å². The molecule has 5 rings (SSSR count). The number of allylic oxidation sites excluding steroid dienone is 8. The van der Waals surface area contributed by atoms with E-state index in [4.69, 9.17) is 0 Å². The van der Waals surface area contributed by atoms with E-state index in [1.807, 2.05) is 0 Å². The average Bonchev–Trinajstić information content (AvgIpc) is 3.21. The molecule has 0 heterocycles. The van der Waals surface area contributed by atoms with Crippen LogP contribution in [-0.2, 0) is 24.2 Å². The first-order valence-electron chi connectivity index (χ1n) is 12.1. The molecule has 0 aliphatic heterocycles. The molecular weight excluding hydrogens is 498 g/mol. The summed E-state index contributed by atoms with van der Waals surface area (Å²) in [6.45, 7) is 9.50. The summed E-state index contributed by atoms with van der Waals surface area (Å²) < 4.78 is 1.80. The Hall–Kier alpha value is 0.293. The van der Waals surface area contributed by atoms with Crippen molar-refractivity contribution in [3.8, 4) is 0 Å². The van der Waals surface area contributed by atoms with Crippen LogP contribution in [0.3, 0.4) is 0 Å². The fourth-order valence-electron chi connectivity index (χ4n) is 6.84. The zero-order valence-corrected chi connectivity index (χ0v) is 23.7. The number of halogens is 2. The van der Waals surface area contributed by atoms with Crippen LogP contribution in [0.1, 0.15) is 79.1 Å². The van der Waals surface area contributed by atoms with Gasteiger partial charge < -0.3 is 31.2 Å². The molecule has 0 aromatic heterocycles. The molecule has 5 aliphatic rings. The van der Waals surface area contributed by atoms with Crippen LogP contribution in [0.4, 0.5) is 0 Å². The summed E-state index contributed by atoms with van der Waals surface area (Å²) in [5.74, 6) is 4.65. The van der Waals surface area contributed by atoms with Gasteiger partial charge in [-0.1, -0.05) is 55.1 Å². The molecule has 3 heteroatoms. The van der Waals surface area contributed by atoms with Gasteiger partial charge in [-0.25, -0.2) is 0 Å². The second-order valence-electron chi connectivity index (χ2n) is 10.2. The van der Waals surface area contributed by atoms with Gasteiger partial charge in [0.25, 0.3) is 0 Å². The minimum atomic E-state index is 0. The quantitative estimate of drug-likeness (QED) is 0.446. The number of fused-ring (bicyclic) bond motifs is 3. The van der Waals surface area contributed by atoms with Crippen LogP contribution in [-0.4, -0.2) is 3.21 Å². The standard InChI is InChI=1S/C22H29.C6H10.2ClH.Zr/c1-13-14(2)16(4)22(15(13)3)20-11-7-10-19-18-9-6-5-8-17(18)12-21(19)20;1-2-4-6-5-3-1;;;/h5-6,8-9,12,15,17-21H,7,10-11H2,1-4H3;1-5H2;2*1H;/q-1;;;;+2/p-2. The first kappa shape index (κ1) is 27.5. The predicted octanol–water partition coefficient (Wildman–Crippen LogP) is 1.58. The van der Waals surface area contributed by atoms with Gasteiger partial charge in [0.1, 0.15) is 0 Å². The fraction of sp³-hybridized carbons (Fsp3) is 0.643. The van der Waals surface area contributed by atoms with E-state index >= 15 is 0 Å². The predicted molar refractivity (Wildman–Crippen MR) is 122 cm³/mol. The van der Waals surface area contributed by atoms with Gasteiger partial charge in [-0.3, -0.25) is 0 Å². The number of rotatable bonds is 1. The summed E-state index contributed by atoms with van der Waals surface area (Å²) in [6.07, 6.45) is 23.7. The normalized spacial score (nSPS) is 36.3. The molecule has 0 saturated heterocycles. The van der Waals surface area contributed by atoms with E-state index < -0.39 is 0 Å². The molecule has 0 bridgehead atoms. The second kappa shape index (κ2) is 12.1. The van der Waals surface area contributed by atoms with Crippen LogP contribution >= 0.6 is 0 Å². The van der Waals surface area contributed by atoms with E-state index in [-0.39, 0.29) is 24.8 Å². The Labute approximate surface area is 218 Å². The molecule has 31 heavy (non-hydrogen) atoms. The van der Waals surface area contributed by atoms with Crippen molar-refractivity contribution in [1.29, 1.82) is 0 Å². The van der Waals surface area contributed by atoms with E-state index in [0.29, 0.717) is 11.8 Å². The third-order valence-electron chi connectivity index (χ3n) is 8.73. The SMILES string of the molecule is CC1=C(C)C(C)C(C2CCCC3C4C=CC=CC4[CH-]C23)=C1C.[Cl-].[Cl-].[Zr+2]=[C]1CCCCC1. The molecule has 3 fully saturated rings. The zero-order valence-electron chi connectivity index (χ0n) is 19.8. The van der Waals surface area contributed by atoms with Crippen molar-refractivity contribution in [3.63, 3.8) is 0 Å². The van der Waals surface area contributed by atoms with Crippen LogP contribution in [0.15, 0.2) is 46.6 Å². The summed E-state index contributed by atoms with van der Waals surface area (Å²) >= 11 is 1.69. The average molecular weight is 538 g/mol. The van der Waals surface area contributed by atoms with E-state index in [0.717, 1.165) is 23.7 Å². The van der Waals surface area contributed by atoms with Gasteiger partial charge in [-0.05, 0) is 56.1 Å². The summed E-state index contributed by atoms with van der Waals surface area (Å²) in [6, 6.07) is 0. The first-order chi connectivity index (χ1) is 14.0. The molecule has 0 radical (unpaired) electrons. The Kier molecular flexibility index (Phi) is 10.8. The molecule has 0 N–H and O–H groups in total. The van der Waals surface area contributed by atoms with Crippen molar-refractivity contribution in [2.75, 3.05) is 0 Å². The Balaban J connectivity index is 0.000000327. The topological polar surface area (TPSA) is 0 Å². The van der Waals surface area contributed by atoms with E-state index in [2.05, 4.69) is 58.4 Å². The summed E-state index contributed by atoms with van der Waals surface area (Å²) in [5, 5.41) is 0. The van der Waals surface area contributed by atoms with Crippen molar-refractivity contribution in [3.05, 3.63) is 53.0 Å².